The van der Waals surface area contributed by atoms with Gasteiger partial charge >= 0.3 is 0 Å². The molecule has 8 heteroatoms. The zero-order chi connectivity index (χ0) is 21.6. The highest BCUT2D eigenvalue weighted by Crippen LogP contribution is 2.31. The highest BCUT2D eigenvalue weighted by Gasteiger charge is 2.30. The van der Waals surface area contributed by atoms with Gasteiger partial charge in [-0.15, -0.1) is 0 Å². The molecular formula is C21H28N2O5S. The first-order valence-corrected chi connectivity index (χ1v) is 11.1. The van der Waals surface area contributed by atoms with Crippen molar-refractivity contribution in [2.75, 3.05) is 24.8 Å². The maximum absolute atomic E-state index is 13.0. The highest BCUT2D eigenvalue weighted by atomic mass is 32.2. The predicted molar refractivity (Wildman–Crippen MR) is 114 cm³/mol. The van der Waals surface area contributed by atoms with E-state index in [2.05, 4.69) is 5.32 Å². The highest BCUT2D eigenvalue weighted by molar-refractivity contribution is 7.92. The van der Waals surface area contributed by atoms with Gasteiger partial charge < -0.3 is 14.8 Å². The Kier molecular flexibility index (Phi) is 7.50. The summed E-state index contributed by atoms with van der Waals surface area (Å²) in [5, 5.41) is 2.95. The number of hydrogen-bond acceptors (Lipinski definition) is 5. The number of nitrogens with zero attached hydrogens (tertiary/aromatic N) is 1. The van der Waals surface area contributed by atoms with Crippen molar-refractivity contribution in [3.8, 4) is 11.5 Å². The van der Waals surface area contributed by atoms with Gasteiger partial charge in [0.25, 0.3) is 0 Å². The first-order chi connectivity index (χ1) is 13.7. The van der Waals surface area contributed by atoms with Gasteiger partial charge in [-0.05, 0) is 43.2 Å². The van der Waals surface area contributed by atoms with Gasteiger partial charge in [0, 0.05) is 0 Å². The number of carbonyl (C=O) groups is 1. The smallest absolute Gasteiger partial charge is 0.244 e. The molecule has 1 N–H and O–H groups in total. The molecule has 2 rings (SSSR count). The van der Waals surface area contributed by atoms with Crippen molar-refractivity contribution in [1.29, 1.82) is 0 Å². The Morgan fingerprint density at radius 2 is 1.69 bits per heavy atom. The summed E-state index contributed by atoms with van der Waals surface area (Å²) in [6.07, 6.45) is 1.72. The molecule has 0 aromatic heterocycles. The molecule has 0 radical (unpaired) electrons. The average Bonchev–Trinajstić information content (AvgIpc) is 2.71. The summed E-state index contributed by atoms with van der Waals surface area (Å²) in [7, 11) is -0.547. The van der Waals surface area contributed by atoms with Crippen molar-refractivity contribution in [2.24, 2.45) is 0 Å². The van der Waals surface area contributed by atoms with Gasteiger partial charge in [0.2, 0.25) is 15.9 Å². The molecule has 0 aliphatic rings. The maximum atomic E-state index is 13.0. The van der Waals surface area contributed by atoms with Crippen LogP contribution in [0.4, 0.5) is 5.69 Å². The molecule has 0 bridgehead atoms. The summed E-state index contributed by atoms with van der Waals surface area (Å²) < 4.78 is 36.5. The Morgan fingerprint density at radius 3 is 2.21 bits per heavy atom. The molecule has 2 aromatic carbocycles. The number of para-hydroxylation sites is 1. The van der Waals surface area contributed by atoms with Crippen LogP contribution in [0.2, 0.25) is 0 Å². The molecule has 2 atom stereocenters. The molecule has 158 valence electrons. The van der Waals surface area contributed by atoms with E-state index in [0.29, 0.717) is 23.6 Å². The zero-order valence-corrected chi connectivity index (χ0v) is 18.2. The van der Waals surface area contributed by atoms with E-state index in [9.17, 15) is 13.2 Å². The Balaban J connectivity index is 2.28. The standard InChI is InChI=1S/C21H28N2O5S/c1-6-18(16-12-13-19(27-3)20(14-16)28-4)22-21(24)15(2)23(29(5,25)26)17-10-8-7-9-11-17/h7-15,18H,6H2,1-5H3,(H,22,24)/t15-,18-/m1/s1. The normalized spacial score (nSPS) is 13.3. The number of methoxy groups -OCH3 is 2. The molecule has 0 aliphatic carbocycles. The molecule has 1 amide bonds. The van der Waals surface area contributed by atoms with E-state index in [1.807, 2.05) is 19.1 Å². The van der Waals surface area contributed by atoms with Crippen molar-refractivity contribution < 1.29 is 22.7 Å². The molecule has 29 heavy (non-hydrogen) atoms. The summed E-state index contributed by atoms with van der Waals surface area (Å²) in [4.78, 5) is 13.0. The molecule has 0 heterocycles. The predicted octanol–water partition coefficient (Wildman–Crippen LogP) is 3.13. The largest absolute Gasteiger partial charge is 0.493 e. The van der Waals surface area contributed by atoms with Gasteiger partial charge in [0.1, 0.15) is 6.04 Å². The lowest BCUT2D eigenvalue weighted by Crippen LogP contribution is -2.48. The van der Waals surface area contributed by atoms with Gasteiger partial charge in [0.15, 0.2) is 11.5 Å². The quantitative estimate of drug-likeness (QED) is 0.674. The van der Waals surface area contributed by atoms with Crippen molar-refractivity contribution >= 4 is 21.6 Å². The van der Waals surface area contributed by atoms with Crippen LogP contribution >= 0.6 is 0 Å². The molecule has 0 fully saturated rings. The first kappa shape index (κ1) is 22.5. The van der Waals surface area contributed by atoms with Crippen LogP contribution < -0.4 is 19.1 Å². The van der Waals surface area contributed by atoms with Gasteiger partial charge in [-0.1, -0.05) is 31.2 Å². The second-order valence-electron chi connectivity index (χ2n) is 6.65. The van der Waals surface area contributed by atoms with Crippen LogP contribution in [0.3, 0.4) is 0 Å². The summed E-state index contributed by atoms with van der Waals surface area (Å²) in [6.45, 7) is 3.52. The monoisotopic (exact) mass is 420 g/mol. The van der Waals surface area contributed by atoms with Crippen LogP contribution in [0.5, 0.6) is 11.5 Å². The second kappa shape index (κ2) is 9.65. The van der Waals surface area contributed by atoms with Crippen LogP contribution in [-0.4, -0.2) is 40.8 Å². The lowest BCUT2D eigenvalue weighted by molar-refractivity contribution is -0.122. The van der Waals surface area contributed by atoms with Crippen LogP contribution in [-0.2, 0) is 14.8 Å². The lowest BCUT2D eigenvalue weighted by Gasteiger charge is -2.29. The molecule has 2 aromatic rings. The number of carbonyl (C=O) groups excluding carboxylic acids is 1. The number of nitrogens with one attached hydrogen (secondary N) is 1. The summed E-state index contributed by atoms with van der Waals surface area (Å²) in [5.41, 5.74) is 1.29. The zero-order valence-electron chi connectivity index (χ0n) is 17.4. The fraction of sp³-hybridized carbons (Fsp3) is 0.381. The van der Waals surface area contributed by atoms with E-state index < -0.39 is 16.1 Å². The number of amides is 1. The van der Waals surface area contributed by atoms with E-state index in [1.165, 1.54) is 0 Å². The van der Waals surface area contributed by atoms with Crippen molar-refractivity contribution in [1.82, 2.24) is 5.32 Å². The number of rotatable bonds is 9. The van der Waals surface area contributed by atoms with Crippen LogP contribution in [0.25, 0.3) is 0 Å². The molecule has 0 spiro atoms. The minimum Gasteiger partial charge on any atom is -0.493 e. The summed E-state index contributed by atoms with van der Waals surface area (Å²) in [6, 6.07) is 12.8. The average molecular weight is 421 g/mol. The Morgan fingerprint density at radius 1 is 1.07 bits per heavy atom. The van der Waals surface area contributed by atoms with E-state index in [-0.39, 0.29) is 11.9 Å². The summed E-state index contributed by atoms with van der Waals surface area (Å²) >= 11 is 0. The maximum Gasteiger partial charge on any atom is 0.244 e. The number of ether oxygens (including phenoxy) is 2. The molecule has 0 saturated carbocycles. The molecule has 0 unspecified atom stereocenters. The number of hydrogen-bond donors (Lipinski definition) is 1. The molecular weight excluding hydrogens is 392 g/mol. The van der Waals surface area contributed by atoms with Crippen molar-refractivity contribution in [3.63, 3.8) is 0 Å². The number of sulfonamides is 1. The van der Waals surface area contributed by atoms with E-state index in [0.717, 1.165) is 16.1 Å². The minimum absolute atomic E-state index is 0.304. The van der Waals surface area contributed by atoms with Gasteiger partial charge in [-0.25, -0.2) is 8.42 Å². The van der Waals surface area contributed by atoms with Gasteiger partial charge in [0.05, 0.1) is 32.2 Å². The topological polar surface area (TPSA) is 84.9 Å². The van der Waals surface area contributed by atoms with E-state index >= 15 is 0 Å². The lowest BCUT2D eigenvalue weighted by atomic mass is 10.0. The second-order valence-corrected chi connectivity index (χ2v) is 8.51. The van der Waals surface area contributed by atoms with Gasteiger partial charge in [-0.2, -0.15) is 0 Å². The van der Waals surface area contributed by atoms with E-state index in [1.54, 1.807) is 57.5 Å². The van der Waals surface area contributed by atoms with Crippen LogP contribution in [0, 0.1) is 0 Å². The molecule has 0 aliphatic heterocycles. The van der Waals surface area contributed by atoms with Crippen molar-refractivity contribution in [2.45, 2.75) is 32.4 Å². The Labute approximate surface area is 172 Å². The van der Waals surface area contributed by atoms with Gasteiger partial charge in [-0.3, -0.25) is 9.10 Å². The van der Waals surface area contributed by atoms with Crippen LogP contribution in [0.1, 0.15) is 31.9 Å². The third kappa shape index (κ3) is 5.41. The molecule has 0 saturated heterocycles. The van der Waals surface area contributed by atoms with Crippen molar-refractivity contribution in [3.05, 3.63) is 54.1 Å². The fourth-order valence-corrected chi connectivity index (χ4v) is 4.34. The Hall–Kier alpha value is -2.74. The SMILES string of the molecule is CC[C@@H](NC(=O)[C@@H](C)N(c1ccccc1)S(C)(=O)=O)c1ccc(OC)c(OC)c1. The van der Waals surface area contributed by atoms with E-state index in [4.69, 9.17) is 9.47 Å². The third-order valence-corrected chi connectivity index (χ3v) is 5.88. The number of benzene rings is 2. The Bertz CT molecular complexity index is 931. The minimum atomic E-state index is -3.65. The fourth-order valence-electron chi connectivity index (χ4n) is 3.17. The molecule has 7 nitrogen and oxygen atoms in total. The number of anilines is 1. The third-order valence-electron chi connectivity index (χ3n) is 4.63. The van der Waals surface area contributed by atoms with Crippen LogP contribution in [0.15, 0.2) is 48.5 Å². The summed E-state index contributed by atoms with van der Waals surface area (Å²) in [5.74, 6) is 0.770. The first-order valence-electron chi connectivity index (χ1n) is 9.29.